The summed E-state index contributed by atoms with van der Waals surface area (Å²) in [5.74, 6) is 0. The van der Waals surface area contributed by atoms with E-state index in [1.165, 1.54) is 71.6 Å². The molecule has 0 aliphatic heterocycles. The van der Waals surface area contributed by atoms with Crippen molar-refractivity contribution in [2.24, 2.45) is 0 Å². The Morgan fingerprint density at radius 2 is 0.658 bits per heavy atom. The Morgan fingerprint density at radius 3 is 1.12 bits per heavy atom. The monoisotopic (exact) mass is 1590 g/mol. The molecule has 8 heteroatoms. The van der Waals surface area contributed by atoms with Crippen LogP contribution in [0.25, 0.3) is 88.4 Å². The van der Waals surface area contributed by atoms with E-state index >= 15 is 0 Å². The lowest BCUT2D eigenvalue weighted by molar-refractivity contribution is 0.569. The number of nitrogens with zero attached hydrogens (tertiary/aromatic N) is 8. The van der Waals surface area contributed by atoms with E-state index in [1.807, 2.05) is 97.8 Å². The zero-order chi connectivity index (χ0) is 87.1. The van der Waals surface area contributed by atoms with E-state index in [-0.39, 0.29) is 43.3 Å². The van der Waals surface area contributed by atoms with Gasteiger partial charge in [0.1, 0.15) is 0 Å². The highest BCUT2D eigenvalue weighted by Crippen LogP contribution is 2.37. The Morgan fingerprint density at radius 1 is 0.208 bits per heavy atom. The molecule has 8 aromatic heterocycles. The summed E-state index contributed by atoms with van der Waals surface area (Å²) in [7, 11) is 0. The molecule has 0 atom stereocenters. The average molecular weight is 1590 g/mol. The van der Waals surface area contributed by atoms with Crippen LogP contribution in [0.15, 0.2) is 341 Å². The van der Waals surface area contributed by atoms with E-state index in [0.29, 0.717) is 0 Å². The summed E-state index contributed by atoms with van der Waals surface area (Å²) < 4.78 is 0. The first kappa shape index (κ1) is 91.9. The first-order chi connectivity index (χ1) is 56.6. The van der Waals surface area contributed by atoms with Gasteiger partial charge >= 0.3 is 0 Å². The van der Waals surface area contributed by atoms with Gasteiger partial charge < -0.3 is 0 Å². The SMILES string of the molecule is CC(C)(C)c1cc(-c2ccccc2)cc(-c2ccccc2)n1.CC(C)(C)c1cc(-c2ccccc2)nc(-c2ccccc2)c1.CC(C)(C)c1cccc2cccnc12.CC(C)(C)c1ccccn1.CC(C)(C)c1cccnc1.CC(C)(C)c1ccncc1.CC(C)(C)c1cnc2ccccc2c1.CC(C)(C)c1nc2ccccc2c2ccccc12. The van der Waals surface area contributed by atoms with E-state index in [9.17, 15) is 0 Å². The Hall–Kier alpha value is -12.0. The molecule has 8 nitrogen and oxygen atoms in total. The van der Waals surface area contributed by atoms with Crippen LogP contribution < -0.4 is 0 Å². The molecule has 0 aliphatic carbocycles. The first-order valence-corrected chi connectivity index (χ1v) is 42.1. The minimum atomic E-state index is 0.0221. The summed E-state index contributed by atoms with van der Waals surface area (Å²) >= 11 is 0. The quantitative estimate of drug-likeness (QED) is 0.161. The van der Waals surface area contributed by atoms with Crippen LogP contribution in [0.5, 0.6) is 0 Å². The lowest BCUT2D eigenvalue weighted by atomic mass is 9.85. The van der Waals surface area contributed by atoms with Gasteiger partial charge in [-0.25, -0.2) is 4.98 Å². The second-order valence-electron chi connectivity index (χ2n) is 38.7. The minimum Gasteiger partial charge on any atom is -0.265 e. The maximum atomic E-state index is 4.90. The fourth-order valence-electron chi connectivity index (χ4n) is 13.1. The summed E-state index contributed by atoms with van der Waals surface area (Å²) in [4.78, 5) is 35.8. The van der Waals surface area contributed by atoms with E-state index in [4.69, 9.17) is 15.0 Å². The molecule has 0 radical (unpaired) electrons. The van der Waals surface area contributed by atoms with Gasteiger partial charge in [0.2, 0.25) is 0 Å². The normalized spacial score (nSPS) is 11.7. The summed E-state index contributed by atoms with van der Waals surface area (Å²) in [6.45, 7) is 52.9. The molecule has 0 bridgehead atoms. The lowest BCUT2D eigenvalue weighted by Gasteiger charge is -2.21. The maximum Gasteiger partial charge on any atom is 0.0739 e. The van der Waals surface area contributed by atoms with Gasteiger partial charge in [-0.1, -0.05) is 385 Å². The van der Waals surface area contributed by atoms with Gasteiger partial charge in [-0.2, -0.15) is 0 Å². The molecule has 120 heavy (non-hydrogen) atoms. The zero-order valence-electron chi connectivity index (χ0n) is 75.9. The van der Waals surface area contributed by atoms with Crippen LogP contribution in [0.4, 0.5) is 0 Å². The van der Waals surface area contributed by atoms with Crippen LogP contribution in [-0.4, -0.2) is 39.9 Å². The smallest absolute Gasteiger partial charge is 0.0739 e. The van der Waals surface area contributed by atoms with Gasteiger partial charge in [-0.15, -0.1) is 0 Å². The molecule has 8 aromatic carbocycles. The number of para-hydroxylation sites is 3. The van der Waals surface area contributed by atoms with Crippen molar-refractivity contribution in [2.75, 3.05) is 0 Å². The van der Waals surface area contributed by atoms with Gasteiger partial charge in [-0.3, -0.25) is 34.9 Å². The highest BCUT2D eigenvalue weighted by atomic mass is 14.7. The fraction of sp³-hybridized carbons (Fsp3) is 0.286. The third-order valence-electron chi connectivity index (χ3n) is 20.3. The van der Waals surface area contributed by atoms with E-state index < -0.39 is 0 Å². The predicted molar refractivity (Wildman–Crippen MR) is 515 cm³/mol. The number of hydrogen-bond acceptors (Lipinski definition) is 8. The lowest BCUT2D eigenvalue weighted by Crippen LogP contribution is -2.14. The number of hydrogen-bond donors (Lipinski definition) is 0. The minimum absolute atomic E-state index is 0.0221. The predicted octanol–water partition coefficient (Wildman–Crippen LogP) is 30.3. The standard InChI is InChI=1S/2C21H21N.C17H17N.2C13H15N.3C9H13N/c1-21(2,3)18-14-19(16-10-6-4-7-11-16)22-20(15-18)17-12-8-5-9-13-17;1-21(2,3)20-15-18(16-10-6-4-7-11-16)14-19(22-20)17-12-8-5-9-13-17;1-17(2,3)16-14-10-5-4-8-12(14)13-9-6-7-11-15(13)18-16;1-13(2,3)11-8-4-6-10-7-5-9-14-12(10)11;1-13(2,3)11-8-10-6-4-5-7-12(10)14-9-11;1-9(2,3)8-4-6-10-7-5-8;1-9(2,3)8-5-4-6-10-7-8;1-9(2,3)8-6-4-5-7-10-8/h2*4-15H,1-3H3;4-11H,1-3H3;2*4-9H,1-3H3;3*4-7H,1-3H3. The molecule has 16 aromatic rings. The van der Waals surface area contributed by atoms with Crippen molar-refractivity contribution in [3.05, 3.63) is 386 Å². The number of benzene rings is 8. The molecule has 616 valence electrons. The molecule has 0 unspecified atom stereocenters. The summed E-state index contributed by atoms with van der Waals surface area (Å²) in [5.41, 5.74) is 23.5. The Kier molecular flexibility index (Phi) is 31.1. The van der Waals surface area contributed by atoms with Gasteiger partial charge in [-0.05, 0) is 150 Å². The van der Waals surface area contributed by atoms with Crippen molar-refractivity contribution in [3.63, 3.8) is 0 Å². The van der Waals surface area contributed by atoms with Crippen LogP contribution in [0.2, 0.25) is 0 Å². The summed E-state index contributed by atoms with van der Waals surface area (Å²) in [5, 5.41) is 6.25. The highest BCUT2D eigenvalue weighted by Gasteiger charge is 2.24. The van der Waals surface area contributed by atoms with Gasteiger partial charge in [0, 0.05) is 109 Å². The van der Waals surface area contributed by atoms with Crippen LogP contribution in [-0.2, 0) is 43.3 Å². The van der Waals surface area contributed by atoms with Crippen molar-refractivity contribution in [1.29, 1.82) is 0 Å². The van der Waals surface area contributed by atoms with Crippen molar-refractivity contribution in [1.82, 2.24) is 39.9 Å². The molecular weight excluding hydrogens is 1460 g/mol. The van der Waals surface area contributed by atoms with Gasteiger partial charge in [0.05, 0.1) is 39.3 Å². The molecule has 8 heterocycles. The fourth-order valence-corrected chi connectivity index (χ4v) is 13.1. The van der Waals surface area contributed by atoms with Crippen molar-refractivity contribution < 1.29 is 0 Å². The van der Waals surface area contributed by atoms with Gasteiger partial charge in [0.15, 0.2) is 0 Å². The molecule has 0 saturated heterocycles. The molecule has 16 rings (SSSR count). The summed E-state index contributed by atoms with van der Waals surface area (Å²) in [6, 6.07) is 103. The largest absolute Gasteiger partial charge is 0.265 e. The number of fused-ring (bicyclic) bond motifs is 5. The van der Waals surface area contributed by atoms with Gasteiger partial charge in [0.25, 0.3) is 0 Å². The Bertz CT molecular complexity index is 5440. The topological polar surface area (TPSA) is 103 Å². The van der Waals surface area contributed by atoms with Crippen molar-refractivity contribution in [3.8, 4) is 44.9 Å². The molecule has 0 N–H and O–H groups in total. The maximum absolute atomic E-state index is 4.90. The van der Waals surface area contributed by atoms with E-state index in [2.05, 4.69) is 428 Å². The Balaban J connectivity index is 0.000000159. The van der Waals surface area contributed by atoms with Crippen LogP contribution in [0.1, 0.15) is 211 Å². The number of pyridine rings is 8. The van der Waals surface area contributed by atoms with Crippen LogP contribution >= 0.6 is 0 Å². The highest BCUT2D eigenvalue weighted by molar-refractivity contribution is 6.07. The molecule has 0 aliphatic rings. The third kappa shape index (κ3) is 27.3. The second-order valence-corrected chi connectivity index (χ2v) is 38.7. The molecule has 0 spiro atoms. The van der Waals surface area contributed by atoms with Crippen LogP contribution in [0.3, 0.4) is 0 Å². The molecule has 0 fully saturated rings. The molecule has 0 saturated carbocycles. The van der Waals surface area contributed by atoms with E-state index in [0.717, 1.165) is 61.7 Å². The average Bonchev–Trinajstić information content (AvgIpc) is 0.758. The summed E-state index contributed by atoms with van der Waals surface area (Å²) in [6.07, 6.45) is 13.1. The number of aromatic nitrogens is 8. The number of rotatable bonds is 4. The Labute approximate surface area is 718 Å². The van der Waals surface area contributed by atoms with E-state index in [1.54, 1.807) is 6.20 Å². The first-order valence-electron chi connectivity index (χ1n) is 42.1. The molecular formula is C112H128N8. The zero-order valence-corrected chi connectivity index (χ0v) is 75.9. The van der Waals surface area contributed by atoms with Crippen molar-refractivity contribution >= 4 is 43.5 Å². The van der Waals surface area contributed by atoms with Crippen LogP contribution in [0, 0.1) is 0 Å². The third-order valence-corrected chi connectivity index (χ3v) is 20.3. The van der Waals surface area contributed by atoms with Crippen molar-refractivity contribution in [2.45, 2.75) is 209 Å². The second kappa shape index (κ2) is 40.6. The molecule has 0 amide bonds.